The van der Waals surface area contributed by atoms with Crippen molar-refractivity contribution < 1.29 is 9.59 Å². The molecule has 1 N–H and O–H groups in total. The Morgan fingerprint density at radius 1 is 1.06 bits per heavy atom. The molecule has 1 aliphatic heterocycles. The second kappa shape index (κ2) is 10.7. The van der Waals surface area contributed by atoms with Gasteiger partial charge in [-0.1, -0.05) is 42.5 Å². The van der Waals surface area contributed by atoms with Crippen LogP contribution < -0.4 is 5.32 Å². The molecule has 1 fully saturated rings. The highest BCUT2D eigenvalue weighted by molar-refractivity contribution is 5.99. The molecule has 6 heteroatoms. The summed E-state index contributed by atoms with van der Waals surface area (Å²) in [6, 6.07) is 13.6. The summed E-state index contributed by atoms with van der Waals surface area (Å²) >= 11 is 0. The van der Waals surface area contributed by atoms with Gasteiger partial charge in [0.2, 0.25) is 5.91 Å². The predicted molar refractivity (Wildman–Crippen MR) is 122 cm³/mol. The first-order valence-electron chi connectivity index (χ1n) is 10.6. The average molecular weight is 419 g/mol. The fourth-order valence-electron chi connectivity index (χ4n) is 4.10. The van der Waals surface area contributed by atoms with Gasteiger partial charge in [0, 0.05) is 50.7 Å². The van der Waals surface area contributed by atoms with Crippen molar-refractivity contribution in [3.63, 3.8) is 0 Å². The van der Waals surface area contributed by atoms with Crippen LogP contribution in [0, 0.1) is 0 Å². The number of nitrogens with zero attached hydrogens (tertiary/aromatic N) is 3. The highest BCUT2D eigenvalue weighted by Crippen LogP contribution is 2.32. The average Bonchev–Trinajstić information content (AvgIpc) is 2.82. The Morgan fingerprint density at radius 2 is 1.74 bits per heavy atom. The summed E-state index contributed by atoms with van der Waals surface area (Å²) in [7, 11) is 0. The van der Waals surface area contributed by atoms with Crippen LogP contribution in [0.2, 0.25) is 0 Å². The van der Waals surface area contributed by atoms with E-state index in [4.69, 9.17) is 0 Å². The SMILES string of the molecule is C=CCNC(=O)C1(N(CC=C)C(=O)c2ccncc2)CCN(Cc2ccccc2)CC1. The number of likely N-dealkylation sites (tertiary alicyclic amines) is 1. The van der Waals surface area contributed by atoms with Gasteiger partial charge >= 0.3 is 0 Å². The zero-order valence-corrected chi connectivity index (χ0v) is 17.9. The highest BCUT2D eigenvalue weighted by atomic mass is 16.2. The Balaban J connectivity index is 1.85. The Labute approximate surface area is 184 Å². The lowest BCUT2D eigenvalue weighted by molar-refractivity contribution is -0.135. The maximum absolute atomic E-state index is 13.4. The number of rotatable bonds is 9. The van der Waals surface area contributed by atoms with Crippen LogP contribution in [0.5, 0.6) is 0 Å². The van der Waals surface area contributed by atoms with Gasteiger partial charge in [0.1, 0.15) is 5.54 Å². The predicted octanol–water partition coefficient (Wildman–Crippen LogP) is 3.05. The second-order valence-electron chi connectivity index (χ2n) is 7.73. The van der Waals surface area contributed by atoms with Crippen LogP contribution >= 0.6 is 0 Å². The Kier molecular flexibility index (Phi) is 7.73. The highest BCUT2D eigenvalue weighted by Gasteiger charge is 2.47. The summed E-state index contributed by atoms with van der Waals surface area (Å²) < 4.78 is 0. The molecule has 0 unspecified atom stereocenters. The Hall–Kier alpha value is -3.25. The quantitative estimate of drug-likeness (QED) is 0.636. The topological polar surface area (TPSA) is 65.5 Å². The molecule has 1 saturated heterocycles. The molecule has 2 heterocycles. The van der Waals surface area contributed by atoms with Gasteiger partial charge in [-0.05, 0) is 30.5 Å². The summed E-state index contributed by atoms with van der Waals surface area (Å²) in [5.74, 6) is -0.330. The molecular formula is C25H30N4O2. The van der Waals surface area contributed by atoms with E-state index in [0.29, 0.717) is 44.6 Å². The molecule has 162 valence electrons. The number of carbonyl (C=O) groups is 2. The number of aromatic nitrogens is 1. The Bertz CT molecular complexity index is 890. The smallest absolute Gasteiger partial charge is 0.255 e. The molecule has 31 heavy (non-hydrogen) atoms. The first-order valence-corrected chi connectivity index (χ1v) is 10.6. The summed E-state index contributed by atoms with van der Waals surface area (Å²) in [4.78, 5) is 34.8. The summed E-state index contributed by atoms with van der Waals surface area (Å²) in [6.45, 7) is 10.4. The minimum Gasteiger partial charge on any atom is -0.351 e. The minimum absolute atomic E-state index is 0.143. The number of carbonyl (C=O) groups excluding carboxylic acids is 2. The van der Waals surface area contributed by atoms with Crippen molar-refractivity contribution in [1.82, 2.24) is 20.1 Å². The van der Waals surface area contributed by atoms with E-state index in [2.05, 4.69) is 40.5 Å². The van der Waals surface area contributed by atoms with Crippen molar-refractivity contribution in [1.29, 1.82) is 0 Å². The van der Waals surface area contributed by atoms with Crippen LogP contribution in [0.1, 0.15) is 28.8 Å². The molecule has 0 atom stereocenters. The molecule has 0 aliphatic carbocycles. The van der Waals surface area contributed by atoms with Crippen molar-refractivity contribution in [3.8, 4) is 0 Å². The molecule has 3 rings (SSSR count). The van der Waals surface area contributed by atoms with Crippen LogP contribution in [0.3, 0.4) is 0 Å². The first kappa shape index (κ1) is 22.4. The number of hydrogen-bond acceptors (Lipinski definition) is 4. The van der Waals surface area contributed by atoms with E-state index in [0.717, 1.165) is 6.54 Å². The fraction of sp³-hybridized carbons (Fsp3) is 0.320. The normalized spacial score (nSPS) is 15.6. The molecule has 1 aliphatic rings. The fourth-order valence-corrected chi connectivity index (χ4v) is 4.10. The number of pyridine rings is 1. The standard InChI is InChI=1S/C25H30N4O2/c1-3-14-27-24(31)25(29(17-4-2)23(30)22-10-15-26-16-11-22)12-18-28(19-13-25)20-21-8-6-5-7-9-21/h3-11,15-16H,1-2,12-14,17-20H2,(H,27,31). The van der Waals surface area contributed by atoms with E-state index in [9.17, 15) is 9.59 Å². The molecule has 6 nitrogen and oxygen atoms in total. The van der Waals surface area contributed by atoms with Gasteiger partial charge in [-0.2, -0.15) is 0 Å². The largest absolute Gasteiger partial charge is 0.351 e. The zero-order valence-electron chi connectivity index (χ0n) is 17.9. The van der Waals surface area contributed by atoms with Gasteiger partial charge in [0.25, 0.3) is 5.91 Å². The van der Waals surface area contributed by atoms with Gasteiger partial charge < -0.3 is 10.2 Å². The van der Waals surface area contributed by atoms with Gasteiger partial charge in [-0.25, -0.2) is 0 Å². The van der Waals surface area contributed by atoms with Gasteiger partial charge in [-0.3, -0.25) is 19.5 Å². The van der Waals surface area contributed by atoms with Crippen molar-refractivity contribution in [2.75, 3.05) is 26.2 Å². The molecular weight excluding hydrogens is 388 g/mol. The van der Waals surface area contributed by atoms with Crippen LogP contribution in [0.25, 0.3) is 0 Å². The van der Waals surface area contributed by atoms with Crippen LogP contribution in [0.15, 0.2) is 80.2 Å². The number of amides is 2. The third-order valence-corrected chi connectivity index (χ3v) is 5.76. The molecule has 0 radical (unpaired) electrons. The van der Waals surface area contributed by atoms with Crippen molar-refractivity contribution in [2.45, 2.75) is 24.9 Å². The third kappa shape index (κ3) is 5.27. The van der Waals surface area contributed by atoms with Crippen molar-refractivity contribution >= 4 is 11.8 Å². The molecule has 1 aromatic carbocycles. The number of hydrogen-bond donors (Lipinski definition) is 1. The first-order chi connectivity index (χ1) is 15.1. The molecule has 2 aromatic rings. The second-order valence-corrected chi connectivity index (χ2v) is 7.73. The Morgan fingerprint density at radius 3 is 2.35 bits per heavy atom. The van der Waals surface area contributed by atoms with Gasteiger partial charge in [-0.15, -0.1) is 13.2 Å². The lowest BCUT2D eigenvalue weighted by Crippen LogP contribution is -2.64. The van der Waals surface area contributed by atoms with E-state index in [1.165, 1.54) is 5.56 Å². The molecule has 2 amide bonds. The molecule has 0 spiro atoms. The maximum atomic E-state index is 13.4. The van der Waals surface area contributed by atoms with Crippen LogP contribution in [-0.4, -0.2) is 58.3 Å². The summed E-state index contributed by atoms with van der Waals surface area (Å²) in [5.41, 5.74) is 0.812. The van der Waals surface area contributed by atoms with Crippen LogP contribution in [0.4, 0.5) is 0 Å². The van der Waals surface area contributed by atoms with Crippen molar-refractivity contribution in [2.24, 2.45) is 0 Å². The lowest BCUT2D eigenvalue weighted by atomic mass is 9.83. The molecule has 0 saturated carbocycles. The summed E-state index contributed by atoms with van der Waals surface area (Å²) in [5, 5.41) is 2.94. The molecule has 0 bridgehead atoms. The number of benzene rings is 1. The zero-order chi connectivity index (χ0) is 22.1. The summed E-state index contributed by atoms with van der Waals surface area (Å²) in [6.07, 6.45) is 7.61. The van der Waals surface area contributed by atoms with E-state index < -0.39 is 5.54 Å². The van der Waals surface area contributed by atoms with Crippen molar-refractivity contribution in [3.05, 3.63) is 91.3 Å². The minimum atomic E-state index is -0.940. The number of piperidine rings is 1. The van der Waals surface area contributed by atoms with E-state index in [1.807, 2.05) is 18.2 Å². The van der Waals surface area contributed by atoms with E-state index in [-0.39, 0.29) is 11.8 Å². The monoisotopic (exact) mass is 418 g/mol. The number of nitrogens with one attached hydrogen (secondary N) is 1. The van der Waals surface area contributed by atoms with E-state index >= 15 is 0 Å². The van der Waals surface area contributed by atoms with Gasteiger partial charge in [0.15, 0.2) is 0 Å². The van der Waals surface area contributed by atoms with Crippen LogP contribution in [-0.2, 0) is 11.3 Å². The van der Waals surface area contributed by atoms with Gasteiger partial charge in [0.05, 0.1) is 0 Å². The molecule has 1 aromatic heterocycles. The maximum Gasteiger partial charge on any atom is 0.255 e. The lowest BCUT2D eigenvalue weighted by Gasteiger charge is -2.47. The van der Waals surface area contributed by atoms with E-state index in [1.54, 1.807) is 41.6 Å². The third-order valence-electron chi connectivity index (χ3n) is 5.76.